The number of nitrogens with one attached hydrogen (secondary N) is 1. The van der Waals surface area contributed by atoms with Crippen LogP contribution in [0.3, 0.4) is 0 Å². The molecule has 2 rings (SSSR count). The van der Waals surface area contributed by atoms with Crippen molar-refractivity contribution in [2.75, 3.05) is 20.6 Å². The highest BCUT2D eigenvalue weighted by atomic mass is 16.3. The Labute approximate surface area is 117 Å². The highest BCUT2D eigenvalue weighted by molar-refractivity contribution is 5.05. The van der Waals surface area contributed by atoms with Crippen molar-refractivity contribution in [1.82, 2.24) is 10.2 Å². The molecule has 1 atom stereocenters. The van der Waals surface area contributed by atoms with Gasteiger partial charge in [-0.3, -0.25) is 4.90 Å². The van der Waals surface area contributed by atoms with Crippen molar-refractivity contribution in [2.24, 2.45) is 0 Å². The zero-order valence-electron chi connectivity index (χ0n) is 12.4. The summed E-state index contributed by atoms with van der Waals surface area (Å²) < 4.78 is 5.56. The van der Waals surface area contributed by atoms with E-state index < -0.39 is 0 Å². The second-order valence-electron chi connectivity index (χ2n) is 5.95. The number of hydrogen-bond donors (Lipinski definition) is 1. The smallest absolute Gasteiger partial charge is 0.122 e. The molecule has 108 valence electrons. The molecular formula is C16H28N2O. The Morgan fingerprint density at radius 1 is 1.21 bits per heavy atom. The van der Waals surface area contributed by atoms with Crippen molar-refractivity contribution < 1.29 is 4.42 Å². The van der Waals surface area contributed by atoms with E-state index in [9.17, 15) is 0 Å². The van der Waals surface area contributed by atoms with Crippen LogP contribution >= 0.6 is 0 Å². The summed E-state index contributed by atoms with van der Waals surface area (Å²) in [5.74, 6) is 1.06. The maximum atomic E-state index is 5.56. The van der Waals surface area contributed by atoms with Crippen molar-refractivity contribution in [2.45, 2.75) is 57.0 Å². The molecule has 0 spiro atoms. The first-order valence-electron chi connectivity index (χ1n) is 7.70. The first-order chi connectivity index (χ1) is 9.27. The van der Waals surface area contributed by atoms with E-state index in [2.05, 4.69) is 30.4 Å². The molecule has 0 radical (unpaired) electrons. The largest absolute Gasteiger partial charge is 0.468 e. The lowest BCUT2D eigenvalue weighted by Gasteiger charge is -2.27. The van der Waals surface area contributed by atoms with E-state index in [4.69, 9.17) is 4.42 Å². The van der Waals surface area contributed by atoms with Crippen LogP contribution in [-0.2, 0) is 0 Å². The van der Waals surface area contributed by atoms with Gasteiger partial charge in [0.15, 0.2) is 0 Å². The lowest BCUT2D eigenvalue weighted by Crippen LogP contribution is -2.37. The summed E-state index contributed by atoms with van der Waals surface area (Å²) in [4.78, 5) is 2.23. The maximum Gasteiger partial charge on any atom is 0.122 e. The minimum atomic E-state index is 0.334. The molecule has 19 heavy (non-hydrogen) atoms. The fourth-order valence-electron chi connectivity index (χ4n) is 2.96. The predicted molar refractivity (Wildman–Crippen MR) is 79.2 cm³/mol. The average Bonchev–Trinajstić information content (AvgIpc) is 2.84. The zero-order valence-corrected chi connectivity index (χ0v) is 12.4. The van der Waals surface area contributed by atoms with Gasteiger partial charge in [-0.2, -0.15) is 0 Å². The van der Waals surface area contributed by atoms with E-state index in [1.807, 2.05) is 6.07 Å². The fraction of sp³-hybridized carbons (Fsp3) is 0.750. The van der Waals surface area contributed by atoms with Crippen molar-refractivity contribution in [3.8, 4) is 0 Å². The third-order valence-electron chi connectivity index (χ3n) is 4.20. The third kappa shape index (κ3) is 4.66. The first-order valence-corrected chi connectivity index (χ1v) is 7.70. The van der Waals surface area contributed by atoms with E-state index in [1.54, 1.807) is 6.26 Å². The molecule has 0 amide bonds. The Hall–Kier alpha value is -0.800. The van der Waals surface area contributed by atoms with Gasteiger partial charge in [-0.1, -0.05) is 32.1 Å². The maximum absolute atomic E-state index is 5.56. The molecule has 0 bridgehead atoms. The van der Waals surface area contributed by atoms with Crippen molar-refractivity contribution in [3.05, 3.63) is 24.2 Å². The summed E-state index contributed by atoms with van der Waals surface area (Å²) in [5.41, 5.74) is 0. The van der Waals surface area contributed by atoms with Gasteiger partial charge < -0.3 is 9.73 Å². The second kappa shape index (κ2) is 7.71. The van der Waals surface area contributed by atoms with Crippen LogP contribution in [0.1, 0.15) is 56.7 Å². The lowest BCUT2D eigenvalue weighted by atomic mass is 9.96. The molecule has 1 aromatic heterocycles. The fourth-order valence-corrected chi connectivity index (χ4v) is 2.96. The summed E-state index contributed by atoms with van der Waals surface area (Å²) in [5, 5.41) is 3.76. The van der Waals surface area contributed by atoms with Crippen LogP contribution in [0.15, 0.2) is 22.8 Å². The highest BCUT2D eigenvalue weighted by Crippen LogP contribution is 2.20. The SMILES string of the molecule is CN(C)C(CNC1CCCCCCC1)c1ccco1. The monoisotopic (exact) mass is 264 g/mol. The third-order valence-corrected chi connectivity index (χ3v) is 4.20. The van der Waals surface area contributed by atoms with Gasteiger partial charge in [0.25, 0.3) is 0 Å². The van der Waals surface area contributed by atoms with Gasteiger partial charge in [0.1, 0.15) is 5.76 Å². The Bertz CT molecular complexity index is 327. The number of rotatable bonds is 5. The Balaban J connectivity index is 1.84. The topological polar surface area (TPSA) is 28.4 Å². The van der Waals surface area contributed by atoms with Crippen molar-refractivity contribution in [3.63, 3.8) is 0 Å². The van der Waals surface area contributed by atoms with E-state index in [0.29, 0.717) is 12.1 Å². The predicted octanol–water partition coefficient (Wildman–Crippen LogP) is 3.58. The van der Waals surface area contributed by atoms with E-state index in [-0.39, 0.29) is 0 Å². The minimum absolute atomic E-state index is 0.334. The van der Waals surface area contributed by atoms with Crippen LogP contribution in [0.5, 0.6) is 0 Å². The summed E-state index contributed by atoms with van der Waals surface area (Å²) >= 11 is 0. The summed E-state index contributed by atoms with van der Waals surface area (Å²) in [6.45, 7) is 0.977. The van der Waals surface area contributed by atoms with Crippen molar-refractivity contribution in [1.29, 1.82) is 0 Å². The molecule has 1 heterocycles. The van der Waals surface area contributed by atoms with Crippen LogP contribution < -0.4 is 5.32 Å². The molecular weight excluding hydrogens is 236 g/mol. The average molecular weight is 264 g/mol. The molecule has 0 saturated heterocycles. The Morgan fingerprint density at radius 3 is 2.47 bits per heavy atom. The number of hydrogen-bond acceptors (Lipinski definition) is 3. The molecule has 1 aliphatic carbocycles. The highest BCUT2D eigenvalue weighted by Gasteiger charge is 2.19. The van der Waals surface area contributed by atoms with Gasteiger partial charge in [-0.05, 0) is 39.1 Å². The zero-order chi connectivity index (χ0) is 13.5. The van der Waals surface area contributed by atoms with E-state index in [1.165, 1.54) is 44.9 Å². The standard InChI is InChI=1S/C16H28N2O/c1-18(2)15(16-11-8-12-19-16)13-17-14-9-6-4-3-5-7-10-14/h8,11-12,14-15,17H,3-7,9-10,13H2,1-2H3. The van der Waals surface area contributed by atoms with Crippen molar-refractivity contribution >= 4 is 0 Å². The molecule has 0 aliphatic heterocycles. The molecule has 0 aromatic carbocycles. The normalized spacial score (nSPS) is 20.2. The van der Waals surface area contributed by atoms with Crippen LogP contribution in [0.25, 0.3) is 0 Å². The van der Waals surface area contributed by atoms with Crippen LogP contribution in [0.4, 0.5) is 0 Å². The molecule has 1 saturated carbocycles. The minimum Gasteiger partial charge on any atom is -0.468 e. The lowest BCUT2D eigenvalue weighted by molar-refractivity contribution is 0.237. The Kier molecular flexibility index (Phi) is 5.93. The molecule has 1 fully saturated rings. The Morgan fingerprint density at radius 2 is 1.89 bits per heavy atom. The van der Waals surface area contributed by atoms with Gasteiger partial charge in [0, 0.05) is 12.6 Å². The number of furan rings is 1. The van der Waals surface area contributed by atoms with Gasteiger partial charge in [0.05, 0.1) is 12.3 Å². The molecule has 1 unspecified atom stereocenters. The van der Waals surface area contributed by atoms with Gasteiger partial charge >= 0.3 is 0 Å². The van der Waals surface area contributed by atoms with Crippen LogP contribution in [0.2, 0.25) is 0 Å². The van der Waals surface area contributed by atoms with Gasteiger partial charge in [-0.25, -0.2) is 0 Å². The molecule has 3 nitrogen and oxygen atoms in total. The first kappa shape index (κ1) is 14.6. The van der Waals surface area contributed by atoms with E-state index in [0.717, 1.165) is 12.3 Å². The second-order valence-corrected chi connectivity index (χ2v) is 5.95. The molecule has 1 N–H and O–H groups in total. The van der Waals surface area contributed by atoms with Gasteiger partial charge in [0.2, 0.25) is 0 Å². The molecule has 1 aliphatic rings. The van der Waals surface area contributed by atoms with E-state index >= 15 is 0 Å². The summed E-state index contributed by atoms with van der Waals surface area (Å²) in [7, 11) is 4.24. The summed E-state index contributed by atoms with van der Waals surface area (Å²) in [6.07, 6.45) is 11.4. The van der Waals surface area contributed by atoms with Crippen LogP contribution in [0, 0.1) is 0 Å². The summed E-state index contributed by atoms with van der Waals surface area (Å²) in [6, 6.07) is 5.07. The molecule has 1 aromatic rings. The molecule has 3 heteroatoms. The quantitative estimate of drug-likeness (QED) is 0.881. The van der Waals surface area contributed by atoms with Gasteiger partial charge in [-0.15, -0.1) is 0 Å². The number of likely N-dealkylation sites (N-methyl/N-ethyl adjacent to an activating group) is 1. The number of nitrogens with zero attached hydrogens (tertiary/aromatic N) is 1. The van der Waals surface area contributed by atoms with Crippen LogP contribution in [-0.4, -0.2) is 31.6 Å².